The van der Waals surface area contributed by atoms with E-state index < -0.39 is 35.6 Å². The summed E-state index contributed by atoms with van der Waals surface area (Å²) in [6.07, 6.45) is 3.10. The van der Waals surface area contributed by atoms with Gasteiger partial charge < -0.3 is 25.4 Å². The summed E-state index contributed by atoms with van der Waals surface area (Å²) < 4.78 is 5.39. The number of rotatable bonds is 12. The number of thioether (sulfide) groups is 1. The highest BCUT2D eigenvalue weighted by Crippen LogP contribution is 2.27. The minimum Gasteiger partial charge on any atom is -0.508 e. The molecule has 9 heteroatoms. The summed E-state index contributed by atoms with van der Waals surface area (Å²) in [6, 6.07) is 12.3. The van der Waals surface area contributed by atoms with Gasteiger partial charge in [0.1, 0.15) is 23.4 Å². The third kappa shape index (κ3) is 9.45. The maximum absolute atomic E-state index is 14.0. The number of alkyl carbamates (subject to hydrolysis) is 1. The number of carbonyl (C=O) groups excluding carboxylic acids is 3. The first-order valence-electron chi connectivity index (χ1n) is 12.5. The fourth-order valence-electron chi connectivity index (χ4n) is 3.81. The van der Waals surface area contributed by atoms with Crippen LogP contribution in [0.2, 0.25) is 0 Å². The van der Waals surface area contributed by atoms with Gasteiger partial charge in [0.05, 0.1) is 0 Å². The normalized spacial score (nSPS) is 12.7. The van der Waals surface area contributed by atoms with Crippen molar-refractivity contribution in [3.05, 3.63) is 77.9 Å². The van der Waals surface area contributed by atoms with Crippen molar-refractivity contribution in [2.24, 2.45) is 0 Å². The number of phenols is 1. The van der Waals surface area contributed by atoms with Crippen molar-refractivity contribution in [2.75, 3.05) is 18.6 Å². The third-order valence-electron chi connectivity index (χ3n) is 5.61. The smallest absolute Gasteiger partial charge is 0.408 e. The molecule has 0 aliphatic carbocycles. The van der Waals surface area contributed by atoms with E-state index in [9.17, 15) is 19.5 Å². The van der Waals surface area contributed by atoms with Crippen molar-refractivity contribution < 1.29 is 24.2 Å². The number of phenolic OH excluding ortho intramolecular Hbond substituents is 1. The first-order chi connectivity index (χ1) is 18.0. The Bertz CT molecular complexity index is 1100. The summed E-state index contributed by atoms with van der Waals surface area (Å²) in [4.78, 5) is 41.6. The monoisotopic (exact) mass is 541 g/mol. The summed E-state index contributed by atoms with van der Waals surface area (Å²) in [7, 11) is 0. The van der Waals surface area contributed by atoms with E-state index in [4.69, 9.17) is 4.74 Å². The van der Waals surface area contributed by atoms with Crippen molar-refractivity contribution in [2.45, 2.75) is 58.3 Å². The first-order valence-corrected chi connectivity index (χ1v) is 13.9. The Morgan fingerprint density at radius 3 is 2.42 bits per heavy atom. The summed E-state index contributed by atoms with van der Waals surface area (Å²) in [5, 5.41) is 15.7. The van der Waals surface area contributed by atoms with E-state index in [1.165, 1.54) is 11.0 Å². The molecule has 0 fully saturated rings. The van der Waals surface area contributed by atoms with Crippen LogP contribution in [0.1, 0.15) is 49.9 Å². The van der Waals surface area contributed by atoms with Crippen molar-refractivity contribution in [3.63, 3.8) is 0 Å². The van der Waals surface area contributed by atoms with Crippen molar-refractivity contribution in [1.82, 2.24) is 15.5 Å². The van der Waals surface area contributed by atoms with E-state index in [2.05, 4.69) is 17.2 Å². The number of nitrogens with one attached hydrogen (secondary N) is 2. The molecule has 0 aliphatic heterocycles. The second-order valence-corrected chi connectivity index (χ2v) is 10.9. The molecule has 0 radical (unpaired) electrons. The molecular weight excluding hydrogens is 502 g/mol. The second-order valence-electron chi connectivity index (χ2n) is 9.91. The van der Waals surface area contributed by atoms with Gasteiger partial charge >= 0.3 is 6.09 Å². The Morgan fingerprint density at radius 1 is 1.16 bits per heavy atom. The Morgan fingerprint density at radius 2 is 1.84 bits per heavy atom. The number of hydrogen-bond acceptors (Lipinski definition) is 6. The highest BCUT2D eigenvalue weighted by Gasteiger charge is 2.35. The maximum Gasteiger partial charge on any atom is 0.408 e. The van der Waals surface area contributed by atoms with Crippen LogP contribution < -0.4 is 10.6 Å². The quantitative estimate of drug-likeness (QED) is 0.336. The molecule has 0 saturated heterocycles. The summed E-state index contributed by atoms with van der Waals surface area (Å²) >= 11 is 1.54. The Labute approximate surface area is 229 Å². The zero-order valence-electron chi connectivity index (χ0n) is 22.8. The lowest BCUT2D eigenvalue weighted by Crippen LogP contribution is -2.53. The molecule has 2 aromatic rings. The predicted molar refractivity (Wildman–Crippen MR) is 152 cm³/mol. The lowest BCUT2D eigenvalue weighted by atomic mass is 9.99. The molecule has 8 nitrogen and oxygen atoms in total. The highest BCUT2D eigenvalue weighted by atomic mass is 32.2. The van der Waals surface area contributed by atoms with Gasteiger partial charge in [-0.3, -0.25) is 9.59 Å². The predicted octanol–water partition coefficient (Wildman–Crippen LogP) is 4.72. The van der Waals surface area contributed by atoms with Crippen molar-refractivity contribution in [3.8, 4) is 5.75 Å². The van der Waals surface area contributed by atoms with Gasteiger partial charge in [-0.2, -0.15) is 11.8 Å². The van der Waals surface area contributed by atoms with Gasteiger partial charge in [-0.1, -0.05) is 42.5 Å². The van der Waals surface area contributed by atoms with Gasteiger partial charge in [0.15, 0.2) is 0 Å². The van der Waals surface area contributed by atoms with Crippen LogP contribution >= 0.6 is 11.8 Å². The minimum absolute atomic E-state index is 0.0634. The maximum atomic E-state index is 14.0. The van der Waals surface area contributed by atoms with E-state index in [0.29, 0.717) is 23.3 Å². The van der Waals surface area contributed by atoms with E-state index in [1.54, 1.807) is 57.7 Å². The standard InChI is InChI=1S/C29H39N3O5S/c1-7-16-32(27(35)23(15-17-38-6)31-28(36)37-29(3,4)5)25(22-13-14-24(33)20(2)18-22)26(34)30-19-21-11-9-8-10-12-21/h7-14,18,23,25,33H,1,15-17,19H2,2-6H3,(H,30,34)(H,31,36). The largest absolute Gasteiger partial charge is 0.508 e. The summed E-state index contributed by atoms with van der Waals surface area (Å²) in [5.74, 6) is -0.134. The van der Waals surface area contributed by atoms with Gasteiger partial charge in [-0.25, -0.2) is 4.79 Å². The Hall–Kier alpha value is -3.46. The van der Waals surface area contributed by atoms with Gasteiger partial charge in [-0.15, -0.1) is 6.58 Å². The number of carbonyl (C=O) groups is 3. The molecule has 0 saturated carbocycles. The fourth-order valence-corrected chi connectivity index (χ4v) is 4.28. The molecule has 0 heterocycles. The fraction of sp³-hybridized carbons (Fsp3) is 0.414. The van der Waals surface area contributed by atoms with Crippen LogP contribution in [0.25, 0.3) is 0 Å². The number of ether oxygens (including phenoxy) is 1. The zero-order chi connectivity index (χ0) is 28.3. The second kappa shape index (κ2) is 14.5. The lowest BCUT2D eigenvalue weighted by Gasteiger charge is -2.34. The van der Waals surface area contributed by atoms with Crippen LogP contribution in [0, 0.1) is 6.92 Å². The molecule has 2 unspecified atom stereocenters. The molecular formula is C29H39N3O5S. The molecule has 2 aromatic carbocycles. The minimum atomic E-state index is -1.03. The van der Waals surface area contributed by atoms with Crippen molar-refractivity contribution in [1.29, 1.82) is 0 Å². The van der Waals surface area contributed by atoms with Crippen LogP contribution in [0.3, 0.4) is 0 Å². The average Bonchev–Trinajstić information content (AvgIpc) is 2.86. The van der Waals surface area contributed by atoms with Gasteiger partial charge in [-0.05, 0) is 74.9 Å². The summed E-state index contributed by atoms with van der Waals surface area (Å²) in [5.41, 5.74) is 1.27. The SMILES string of the molecule is C=CCN(C(=O)C(CCSC)NC(=O)OC(C)(C)C)C(C(=O)NCc1ccccc1)c1ccc(O)c(C)c1. The summed E-state index contributed by atoms with van der Waals surface area (Å²) in [6.45, 7) is 11.1. The van der Waals surface area contributed by atoms with Gasteiger partial charge in [0, 0.05) is 13.1 Å². The van der Waals surface area contributed by atoms with E-state index in [-0.39, 0.29) is 18.8 Å². The number of benzene rings is 2. The number of aryl methyl sites for hydroxylation is 1. The molecule has 0 aromatic heterocycles. The van der Waals surface area contributed by atoms with E-state index in [0.717, 1.165) is 5.56 Å². The number of nitrogens with zero attached hydrogens (tertiary/aromatic N) is 1. The first kappa shape index (κ1) is 30.8. The third-order valence-corrected chi connectivity index (χ3v) is 6.26. The number of aromatic hydroxyl groups is 1. The van der Waals surface area contributed by atoms with E-state index >= 15 is 0 Å². The van der Waals surface area contributed by atoms with Crippen LogP contribution in [-0.4, -0.2) is 58.1 Å². The Kier molecular flexibility index (Phi) is 11.7. The van der Waals surface area contributed by atoms with E-state index in [1.807, 2.05) is 36.6 Å². The highest BCUT2D eigenvalue weighted by molar-refractivity contribution is 7.98. The number of amides is 3. The number of hydrogen-bond donors (Lipinski definition) is 3. The molecule has 206 valence electrons. The molecule has 38 heavy (non-hydrogen) atoms. The topological polar surface area (TPSA) is 108 Å². The van der Waals surface area contributed by atoms with Gasteiger partial charge in [0.25, 0.3) is 0 Å². The average molecular weight is 542 g/mol. The molecule has 3 N–H and O–H groups in total. The van der Waals surface area contributed by atoms with Crippen LogP contribution in [-0.2, 0) is 20.9 Å². The molecule has 2 rings (SSSR count). The van der Waals surface area contributed by atoms with Crippen molar-refractivity contribution >= 4 is 29.7 Å². The molecule has 0 aliphatic rings. The van der Waals surface area contributed by atoms with Crippen LogP contribution in [0.5, 0.6) is 5.75 Å². The molecule has 2 atom stereocenters. The van der Waals surface area contributed by atoms with Gasteiger partial charge in [0.2, 0.25) is 11.8 Å². The van der Waals surface area contributed by atoms with Crippen LogP contribution in [0.15, 0.2) is 61.2 Å². The zero-order valence-corrected chi connectivity index (χ0v) is 23.6. The lowest BCUT2D eigenvalue weighted by molar-refractivity contribution is -0.142. The van der Waals surface area contributed by atoms with Crippen LogP contribution in [0.4, 0.5) is 4.79 Å². The molecule has 0 spiro atoms. The Balaban J connectivity index is 2.45. The molecule has 3 amide bonds. The molecule has 0 bridgehead atoms.